The van der Waals surface area contributed by atoms with Crippen LogP contribution in [0, 0.1) is 34.3 Å². The molecule has 0 unspecified atom stereocenters. The van der Waals surface area contributed by atoms with Gasteiger partial charge < -0.3 is 4.42 Å². The lowest BCUT2D eigenvalue weighted by atomic mass is 9.95. The summed E-state index contributed by atoms with van der Waals surface area (Å²) < 4.78 is 9.11. The Hall–Kier alpha value is -3.68. The van der Waals surface area contributed by atoms with Crippen molar-refractivity contribution in [3.8, 4) is 22.4 Å². The molecule has 0 amide bonds. The molecule has 36 heavy (non-hydrogen) atoms. The standard InChI is InChI=1S/C32H33N2OSi/c1-19-15-16-24-25-17-20(2)30(33-5)29(23-13-11-10-12-14-23)32(25)35-31(24)28(19)26-18-27(36(7,8)9)21(3)22(4)34(26)6/h10-18H,1-4,6-9H3/q+1. The summed E-state index contributed by atoms with van der Waals surface area (Å²) in [5.74, 6) is 0. The first-order valence-corrected chi connectivity index (χ1v) is 16.0. The summed E-state index contributed by atoms with van der Waals surface area (Å²) in [5, 5.41) is 3.64. The highest BCUT2D eigenvalue weighted by atomic mass is 28.3. The molecule has 4 heteroatoms. The molecule has 0 saturated carbocycles. The topological polar surface area (TPSA) is 21.4 Å². The van der Waals surface area contributed by atoms with E-state index < -0.39 is 8.07 Å². The molecule has 0 spiro atoms. The Bertz CT molecular complexity index is 1710. The first kappa shape index (κ1) is 24.0. The first-order valence-electron chi connectivity index (χ1n) is 12.5. The fraction of sp³-hybridized carbons (Fsp3) is 0.250. The second-order valence-corrected chi connectivity index (χ2v) is 16.0. The van der Waals surface area contributed by atoms with Crippen molar-refractivity contribution in [2.45, 2.75) is 47.3 Å². The van der Waals surface area contributed by atoms with Gasteiger partial charge in [-0.2, -0.15) is 4.57 Å². The molecule has 0 fully saturated rings. The van der Waals surface area contributed by atoms with Gasteiger partial charge in [0.1, 0.15) is 18.2 Å². The van der Waals surface area contributed by atoms with Gasteiger partial charge in [0.15, 0.2) is 5.69 Å². The SMILES string of the molecule is [C-]#[N+]c1c(C)cc2c(oc3c(-c4cc([Si](C)(C)C)c(C)c(C)[n+]4C)c(C)ccc32)c1-c1ccccc1. The van der Waals surface area contributed by atoms with Gasteiger partial charge >= 0.3 is 0 Å². The fourth-order valence-electron chi connectivity index (χ4n) is 5.52. The lowest BCUT2D eigenvalue weighted by Gasteiger charge is -2.21. The van der Waals surface area contributed by atoms with Crippen LogP contribution in [-0.4, -0.2) is 8.07 Å². The average Bonchev–Trinajstić information content (AvgIpc) is 3.20. The fourth-order valence-corrected chi connectivity index (χ4v) is 7.40. The van der Waals surface area contributed by atoms with Crippen molar-refractivity contribution in [2.75, 3.05) is 0 Å². The number of benzene rings is 3. The molecule has 5 aromatic rings. The van der Waals surface area contributed by atoms with Crippen LogP contribution in [0.15, 0.2) is 59.0 Å². The second kappa shape index (κ2) is 8.46. The number of nitrogens with zero attached hydrogens (tertiary/aromatic N) is 2. The predicted molar refractivity (Wildman–Crippen MR) is 154 cm³/mol. The van der Waals surface area contributed by atoms with E-state index in [0.717, 1.165) is 44.2 Å². The van der Waals surface area contributed by atoms with Crippen LogP contribution in [0.4, 0.5) is 5.69 Å². The first-order chi connectivity index (χ1) is 17.0. The summed E-state index contributed by atoms with van der Waals surface area (Å²) in [6, 6.07) is 19.1. The van der Waals surface area contributed by atoms with Crippen LogP contribution in [0.2, 0.25) is 19.6 Å². The number of aromatic nitrogens is 1. The minimum absolute atomic E-state index is 0.656. The van der Waals surface area contributed by atoms with Gasteiger partial charge in [0, 0.05) is 34.9 Å². The number of hydrogen-bond acceptors (Lipinski definition) is 1. The van der Waals surface area contributed by atoms with E-state index >= 15 is 0 Å². The molecule has 3 aromatic carbocycles. The van der Waals surface area contributed by atoms with Crippen molar-refractivity contribution in [3.63, 3.8) is 0 Å². The molecule has 0 aliphatic heterocycles. The molecule has 0 N–H and O–H groups in total. The molecule has 3 nitrogen and oxygen atoms in total. The molecule has 5 rings (SSSR count). The van der Waals surface area contributed by atoms with Crippen molar-refractivity contribution in [3.05, 3.63) is 88.4 Å². The highest BCUT2D eigenvalue weighted by Crippen LogP contribution is 2.45. The molecule has 0 saturated heterocycles. The van der Waals surface area contributed by atoms with E-state index in [4.69, 9.17) is 11.0 Å². The Balaban J connectivity index is 1.95. The molecule has 0 atom stereocenters. The van der Waals surface area contributed by atoms with Gasteiger partial charge in [0.2, 0.25) is 11.4 Å². The van der Waals surface area contributed by atoms with Crippen LogP contribution in [0.3, 0.4) is 0 Å². The van der Waals surface area contributed by atoms with Gasteiger partial charge in [-0.25, -0.2) is 4.85 Å². The Morgan fingerprint density at radius 1 is 0.806 bits per heavy atom. The van der Waals surface area contributed by atoms with E-state index in [-0.39, 0.29) is 0 Å². The molecule has 0 bridgehead atoms. The van der Waals surface area contributed by atoms with E-state index in [2.05, 4.69) is 93.3 Å². The Kier molecular flexibility index (Phi) is 5.65. The van der Waals surface area contributed by atoms with Crippen LogP contribution in [-0.2, 0) is 7.05 Å². The van der Waals surface area contributed by atoms with Gasteiger partial charge in [-0.15, -0.1) is 0 Å². The quantitative estimate of drug-likeness (QED) is 0.143. The highest BCUT2D eigenvalue weighted by Gasteiger charge is 2.29. The van der Waals surface area contributed by atoms with Crippen LogP contribution in [0.5, 0.6) is 0 Å². The summed E-state index contributed by atoms with van der Waals surface area (Å²) in [5.41, 5.74) is 11.4. The largest absolute Gasteiger partial charge is 0.456 e. The third-order valence-electron chi connectivity index (χ3n) is 7.63. The maximum absolute atomic E-state index is 7.93. The molecule has 0 aliphatic rings. The van der Waals surface area contributed by atoms with Crippen LogP contribution < -0.4 is 9.75 Å². The third-order valence-corrected chi connectivity index (χ3v) is 9.77. The molecule has 0 radical (unpaired) electrons. The zero-order valence-electron chi connectivity index (χ0n) is 22.5. The van der Waals surface area contributed by atoms with E-state index in [9.17, 15) is 0 Å². The highest BCUT2D eigenvalue weighted by molar-refractivity contribution is 6.89. The average molecular weight is 490 g/mol. The zero-order chi connectivity index (χ0) is 25.9. The van der Waals surface area contributed by atoms with Gasteiger partial charge in [-0.05, 0) is 42.6 Å². The lowest BCUT2D eigenvalue weighted by molar-refractivity contribution is -0.666. The second-order valence-electron chi connectivity index (χ2n) is 11.0. The van der Waals surface area contributed by atoms with Crippen molar-refractivity contribution >= 4 is 40.9 Å². The van der Waals surface area contributed by atoms with Gasteiger partial charge in [-0.1, -0.05) is 68.2 Å². The monoisotopic (exact) mass is 489 g/mol. The number of fused-ring (bicyclic) bond motifs is 3. The Labute approximate surface area is 214 Å². The van der Waals surface area contributed by atoms with Gasteiger partial charge in [0.05, 0.1) is 20.2 Å². The summed E-state index contributed by atoms with van der Waals surface area (Å²) in [7, 11) is 0.593. The van der Waals surface area contributed by atoms with E-state index in [0.29, 0.717) is 5.69 Å². The van der Waals surface area contributed by atoms with Crippen LogP contribution in [0.1, 0.15) is 22.4 Å². The Morgan fingerprint density at radius 2 is 1.47 bits per heavy atom. The van der Waals surface area contributed by atoms with Crippen molar-refractivity contribution in [1.29, 1.82) is 0 Å². The van der Waals surface area contributed by atoms with Crippen LogP contribution in [0.25, 0.3) is 49.2 Å². The third kappa shape index (κ3) is 3.58. The summed E-state index contributed by atoms with van der Waals surface area (Å²) in [4.78, 5) is 3.93. The molecular formula is C32H33N2OSi+. The smallest absolute Gasteiger partial charge is 0.216 e. The normalized spacial score (nSPS) is 11.9. The number of pyridine rings is 1. The minimum Gasteiger partial charge on any atom is -0.456 e. The number of hydrogen-bond donors (Lipinski definition) is 0. The molecule has 0 aliphatic carbocycles. The van der Waals surface area contributed by atoms with E-state index in [1.165, 1.54) is 27.7 Å². The number of furan rings is 1. The van der Waals surface area contributed by atoms with Crippen molar-refractivity contribution in [1.82, 2.24) is 0 Å². The summed E-state index contributed by atoms with van der Waals surface area (Å²) in [6.07, 6.45) is 0. The number of aryl methyl sites for hydroxylation is 2. The number of rotatable bonds is 3. The van der Waals surface area contributed by atoms with Crippen LogP contribution >= 0.6 is 0 Å². The molecular weight excluding hydrogens is 456 g/mol. The summed E-state index contributed by atoms with van der Waals surface area (Å²) >= 11 is 0. The summed E-state index contributed by atoms with van der Waals surface area (Å²) in [6.45, 7) is 23.8. The Morgan fingerprint density at radius 3 is 2.11 bits per heavy atom. The molecule has 2 aromatic heterocycles. The molecule has 180 valence electrons. The van der Waals surface area contributed by atoms with Crippen molar-refractivity contribution < 1.29 is 8.98 Å². The maximum atomic E-state index is 7.93. The van der Waals surface area contributed by atoms with E-state index in [1.807, 2.05) is 25.1 Å². The van der Waals surface area contributed by atoms with Gasteiger partial charge in [-0.3, -0.25) is 0 Å². The molecule has 2 heterocycles. The maximum Gasteiger partial charge on any atom is 0.216 e. The minimum atomic E-state index is -1.56. The zero-order valence-corrected chi connectivity index (χ0v) is 23.5. The lowest BCUT2D eigenvalue weighted by Crippen LogP contribution is -2.46. The van der Waals surface area contributed by atoms with Crippen molar-refractivity contribution in [2.24, 2.45) is 7.05 Å². The van der Waals surface area contributed by atoms with Gasteiger partial charge in [0.25, 0.3) is 0 Å². The predicted octanol–water partition coefficient (Wildman–Crippen LogP) is 8.07. The van der Waals surface area contributed by atoms with E-state index in [1.54, 1.807) is 0 Å².